The predicted octanol–water partition coefficient (Wildman–Crippen LogP) is 3.51. The van der Waals surface area contributed by atoms with Gasteiger partial charge in [-0.15, -0.1) is 0 Å². The van der Waals surface area contributed by atoms with Crippen LogP contribution >= 0.6 is 0 Å². The Balaban J connectivity index is 1.84. The molecular weight excluding hydrogens is 354 g/mol. The zero-order chi connectivity index (χ0) is 20.3. The van der Waals surface area contributed by atoms with Gasteiger partial charge in [0.05, 0.1) is 6.61 Å². The lowest BCUT2D eigenvalue weighted by Crippen LogP contribution is -2.58. The molecule has 154 valence electrons. The summed E-state index contributed by atoms with van der Waals surface area (Å²) in [7, 11) is 1.77. The molecule has 3 rings (SSSR count). The second-order valence-electron chi connectivity index (χ2n) is 8.18. The first kappa shape index (κ1) is 20.6. The normalized spacial score (nSPS) is 16.6. The number of rotatable bonds is 10. The van der Waals surface area contributed by atoms with Crippen molar-refractivity contribution in [1.29, 1.82) is 0 Å². The lowest BCUT2D eigenvalue weighted by molar-refractivity contribution is -0.136. The zero-order valence-corrected chi connectivity index (χ0v) is 17.6. The van der Waals surface area contributed by atoms with Gasteiger partial charge in [-0.1, -0.05) is 19.9 Å². The van der Waals surface area contributed by atoms with Crippen LogP contribution in [0.15, 0.2) is 12.1 Å². The molecule has 0 spiro atoms. The number of pyridine rings is 1. The molecule has 1 heterocycles. The molecule has 2 aliphatic rings. The van der Waals surface area contributed by atoms with Crippen molar-refractivity contribution >= 4 is 11.8 Å². The fourth-order valence-electron chi connectivity index (χ4n) is 3.49. The molecule has 0 radical (unpaired) electrons. The van der Waals surface area contributed by atoms with Crippen LogP contribution in [0.25, 0.3) is 0 Å². The number of aromatic nitrogens is 1. The van der Waals surface area contributed by atoms with Crippen LogP contribution < -0.4 is 10.1 Å². The van der Waals surface area contributed by atoms with Crippen LogP contribution in [0.1, 0.15) is 81.3 Å². The van der Waals surface area contributed by atoms with E-state index in [1.807, 2.05) is 32.9 Å². The fraction of sp³-hybridized carbons (Fsp3) is 0.682. The summed E-state index contributed by atoms with van der Waals surface area (Å²) in [6, 6.07) is 3.84. The molecule has 0 saturated heterocycles. The first-order valence-electron chi connectivity index (χ1n) is 10.7. The SMILES string of the molecule is CCN(C)C(=O)C(CC)(CC)NC(=O)c1nc(OCC2CC2)ccc1C1CC1. The largest absolute Gasteiger partial charge is 0.477 e. The van der Waals surface area contributed by atoms with E-state index in [9.17, 15) is 9.59 Å². The van der Waals surface area contributed by atoms with Crippen LogP contribution in [0.2, 0.25) is 0 Å². The standard InChI is InChI=1S/C22H33N3O3/c1-5-22(6-2,21(27)25(4)7-3)24-20(26)19-17(16-10-11-16)12-13-18(23-19)28-14-15-8-9-15/h12-13,15-16H,5-11,14H2,1-4H3,(H,24,26). The van der Waals surface area contributed by atoms with E-state index in [-0.39, 0.29) is 11.8 Å². The molecule has 2 amide bonds. The number of carbonyl (C=O) groups excluding carboxylic acids is 2. The van der Waals surface area contributed by atoms with Gasteiger partial charge in [0.15, 0.2) is 0 Å². The summed E-state index contributed by atoms with van der Waals surface area (Å²) in [4.78, 5) is 32.4. The molecule has 2 aliphatic carbocycles. The quantitative estimate of drug-likeness (QED) is 0.667. The highest BCUT2D eigenvalue weighted by Crippen LogP contribution is 2.42. The van der Waals surface area contributed by atoms with Gasteiger partial charge < -0.3 is 15.0 Å². The number of carbonyl (C=O) groups is 2. The van der Waals surface area contributed by atoms with E-state index < -0.39 is 5.54 Å². The molecule has 0 aliphatic heterocycles. The second kappa shape index (κ2) is 8.50. The van der Waals surface area contributed by atoms with Crippen molar-refractivity contribution in [2.75, 3.05) is 20.2 Å². The van der Waals surface area contributed by atoms with Crippen LogP contribution in [0, 0.1) is 5.92 Å². The highest BCUT2D eigenvalue weighted by molar-refractivity contribution is 5.99. The minimum atomic E-state index is -0.908. The lowest BCUT2D eigenvalue weighted by Gasteiger charge is -2.35. The number of nitrogens with one attached hydrogen (secondary N) is 1. The van der Waals surface area contributed by atoms with Crippen LogP contribution in [-0.2, 0) is 4.79 Å². The minimum absolute atomic E-state index is 0.0533. The van der Waals surface area contributed by atoms with Gasteiger partial charge in [0.1, 0.15) is 11.2 Å². The summed E-state index contributed by atoms with van der Waals surface area (Å²) in [5.74, 6) is 1.18. The average molecular weight is 388 g/mol. The molecule has 28 heavy (non-hydrogen) atoms. The fourth-order valence-corrected chi connectivity index (χ4v) is 3.49. The van der Waals surface area contributed by atoms with Crippen molar-refractivity contribution < 1.29 is 14.3 Å². The molecule has 1 N–H and O–H groups in total. The monoisotopic (exact) mass is 387 g/mol. The maximum absolute atomic E-state index is 13.2. The summed E-state index contributed by atoms with van der Waals surface area (Å²) in [5.41, 5.74) is 0.470. The first-order valence-corrected chi connectivity index (χ1v) is 10.7. The van der Waals surface area contributed by atoms with Gasteiger partial charge in [-0.3, -0.25) is 9.59 Å². The number of ether oxygens (including phenoxy) is 1. The van der Waals surface area contributed by atoms with Gasteiger partial charge in [0.2, 0.25) is 11.8 Å². The summed E-state index contributed by atoms with van der Waals surface area (Å²) < 4.78 is 5.80. The van der Waals surface area contributed by atoms with Gasteiger partial charge in [0.25, 0.3) is 5.91 Å². The van der Waals surface area contributed by atoms with Crippen molar-refractivity contribution in [2.24, 2.45) is 5.92 Å². The van der Waals surface area contributed by atoms with E-state index in [4.69, 9.17) is 4.74 Å². The molecule has 1 aromatic heterocycles. The van der Waals surface area contributed by atoms with Gasteiger partial charge >= 0.3 is 0 Å². The summed E-state index contributed by atoms with van der Waals surface area (Å²) >= 11 is 0. The first-order chi connectivity index (χ1) is 13.4. The Labute approximate surface area is 168 Å². The van der Waals surface area contributed by atoms with Crippen molar-refractivity contribution in [3.8, 4) is 5.88 Å². The van der Waals surface area contributed by atoms with Crippen molar-refractivity contribution in [3.63, 3.8) is 0 Å². The molecule has 0 aromatic carbocycles. The number of nitrogens with zero attached hydrogens (tertiary/aromatic N) is 2. The Morgan fingerprint density at radius 3 is 2.39 bits per heavy atom. The molecule has 0 atom stereocenters. The summed E-state index contributed by atoms with van der Waals surface area (Å²) in [6.45, 7) is 7.07. The molecule has 6 heteroatoms. The predicted molar refractivity (Wildman–Crippen MR) is 109 cm³/mol. The highest BCUT2D eigenvalue weighted by atomic mass is 16.5. The topological polar surface area (TPSA) is 71.5 Å². The Kier molecular flexibility index (Phi) is 6.26. The minimum Gasteiger partial charge on any atom is -0.477 e. The third-order valence-corrected chi connectivity index (χ3v) is 6.09. The smallest absolute Gasteiger partial charge is 0.271 e. The Bertz CT molecular complexity index is 722. The number of amides is 2. The maximum Gasteiger partial charge on any atom is 0.271 e. The van der Waals surface area contributed by atoms with Gasteiger partial charge in [-0.2, -0.15) is 0 Å². The number of hydrogen-bond donors (Lipinski definition) is 1. The van der Waals surface area contributed by atoms with E-state index in [2.05, 4.69) is 10.3 Å². The van der Waals surface area contributed by atoms with Crippen molar-refractivity contribution in [1.82, 2.24) is 15.2 Å². The van der Waals surface area contributed by atoms with Crippen LogP contribution in [0.4, 0.5) is 0 Å². The second-order valence-corrected chi connectivity index (χ2v) is 8.18. The molecule has 0 unspecified atom stereocenters. The van der Waals surface area contributed by atoms with E-state index in [0.717, 1.165) is 18.4 Å². The van der Waals surface area contributed by atoms with Crippen molar-refractivity contribution in [2.45, 2.75) is 70.8 Å². The molecule has 0 bridgehead atoms. The highest BCUT2D eigenvalue weighted by Gasteiger charge is 2.40. The zero-order valence-electron chi connectivity index (χ0n) is 17.6. The molecule has 1 aromatic rings. The van der Waals surface area contributed by atoms with Crippen LogP contribution in [0.3, 0.4) is 0 Å². The average Bonchev–Trinajstić information content (AvgIpc) is 3.62. The van der Waals surface area contributed by atoms with E-state index >= 15 is 0 Å². The van der Waals surface area contributed by atoms with Gasteiger partial charge in [-0.25, -0.2) is 4.98 Å². The van der Waals surface area contributed by atoms with E-state index in [1.165, 1.54) is 12.8 Å². The summed E-state index contributed by atoms with van der Waals surface area (Å²) in [5, 5.41) is 3.04. The maximum atomic E-state index is 13.2. The molecule has 6 nitrogen and oxygen atoms in total. The Morgan fingerprint density at radius 2 is 1.86 bits per heavy atom. The van der Waals surface area contributed by atoms with Gasteiger partial charge in [0, 0.05) is 19.7 Å². The molecular formula is C22H33N3O3. The van der Waals surface area contributed by atoms with Crippen molar-refractivity contribution in [3.05, 3.63) is 23.4 Å². The number of likely N-dealkylation sites (N-methyl/N-ethyl adjacent to an activating group) is 1. The Hall–Kier alpha value is -2.11. The molecule has 2 fully saturated rings. The van der Waals surface area contributed by atoms with Crippen LogP contribution in [-0.4, -0.2) is 47.4 Å². The van der Waals surface area contributed by atoms with Gasteiger partial charge in [-0.05, 0) is 62.8 Å². The third kappa shape index (κ3) is 4.47. The van der Waals surface area contributed by atoms with E-state index in [1.54, 1.807) is 11.9 Å². The Morgan fingerprint density at radius 1 is 1.18 bits per heavy atom. The van der Waals surface area contributed by atoms with E-state index in [0.29, 0.717) is 49.4 Å². The summed E-state index contributed by atoms with van der Waals surface area (Å²) in [6.07, 6.45) is 5.64. The van der Waals surface area contributed by atoms with Crippen LogP contribution in [0.5, 0.6) is 5.88 Å². The number of hydrogen-bond acceptors (Lipinski definition) is 4. The lowest BCUT2D eigenvalue weighted by atomic mass is 9.90. The molecule has 2 saturated carbocycles. The third-order valence-electron chi connectivity index (χ3n) is 6.09.